The van der Waals surface area contributed by atoms with Gasteiger partial charge in [0.25, 0.3) is 0 Å². The molecule has 0 spiro atoms. The lowest BCUT2D eigenvalue weighted by Crippen LogP contribution is -2.20. The van der Waals surface area contributed by atoms with Crippen LogP contribution in [0, 0.1) is 6.92 Å². The zero-order chi connectivity index (χ0) is 9.68. The molecule has 1 aromatic heterocycles. The Labute approximate surface area is 80.3 Å². The number of furan rings is 1. The van der Waals surface area contributed by atoms with Gasteiger partial charge in [0.2, 0.25) is 0 Å². The first-order valence-electron chi connectivity index (χ1n) is 5.07. The van der Waals surface area contributed by atoms with E-state index < -0.39 is 0 Å². The Morgan fingerprint density at radius 1 is 1.38 bits per heavy atom. The fraction of sp³-hybridized carbons (Fsp3) is 0.636. The van der Waals surface area contributed by atoms with E-state index in [1.807, 2.05) is 13.0 Å². The molecule has 13 heavy (non-hydrogen) atoms. The zero-order valence-corrected chi connectivity index (χ0v) is 8.76. The van der Waals surface area contributed by atoms with Crippen molar-refractivity contribution in [2.75, 3.05) is 6.54 Å². The molecule has 0 aliphatic rings. The number of nitrogens with one attached hydrogen (secondary N) is 1. The second-order valence-electron chi connectivity index (χ2n) is 3.36. The third kappa shape index (κ3) is 2.88. The van der Waals surface area contributed by atoms with Crippen LogP contribution < -0.4 is 5.32 Å². The number of hydrogen-bond donors (Lipinski definition) is 1. The van der Waals surface area contributed by atoms with Gasteiger partial charge < -0.3 is 9.73 Å². The van der Waals surface area contributed by atoms with Gasteiger partial charge in [-0.2, -0.15) is 0 Å². The van der Waals surface area contributed by atoms with Crippen molar-refractivity contribution in [3.8, 4) is 0 Å². The molecule has 0 aromatic carbocycles. The zero-order valence-electron chi connectivity index (χ0n) is 8.76. The van der Waals surface area contributed by atoms with E-state index in [1.165, 1.54) is 0 Å². The third-order valence-electron chi connectivity index (χ3n) is 2.15. The molecule has 1 rings (SSSR count). The molecule has 1 aromatic rings. The lowest BCUT2D eigenvalue weighted by Gasteiger charge is -2.13. The van der Waals surface area contributed by atoms with Crippen molar-refractivity contribution in [1.29, 1.82) is 0 Å². The van der Waals surface area contributed by atoms with Crippen molar-refractivity contribution < 1.29 is 4.42 Å². The summed E-state index contributed by atoms with van der Waals surface area (Å²) in [5.41, 5.74) is 0. The minimum absolute atomic E-state index is 0.383. The van der Waals surface area contributed by atoms with E-state index in [0.29, 0.717) is 6.04 Å². The molecule has 0 radical (unpaired) electrons. The fourth-order valence-electron chi connectivity index (χ4n) is 1.41. The highest BCUT2D eigenvalue weighted by atomic mass is 16.3. The highest BCUT2D eigenvalue weighted by Crippen LogP contribution is 2.18. The predicted molar refractivity (Wildman–Crippen MR) is 54.8 cm³/mol. The predicted octanol–water partition coefficient (Wildman–Crippen LogP) is 3.04. The standard InChI is InChI=1S/C11H19NO/c1-4-8-12-10(5-2)11-7-6-9(3)13-11/h6-7,10,12H,4-5,8H2,1-3H3. The van der Waals surface area contributed by atoms with Crippen molar-refractivity contribution in [3.63, 3.8) is 0 Å². The van der Waals surface area contributed by atoms with Crippen LogP contribution in [-0.4, -0.2) is 6.54 Å². The third-order valence-corrected chi connectivity index (χ3v) is 2.15. The van der Waals surface area contributed by atoms with E-state index >= 15 is 0 Å². The van der Waals surface area contributed by atoms with Crippen LogP contribution in [-0.2, 0) is 0 Å². The van der Waals surface area contributed by atoms with E-state index in [1.54, 1.807) is 0 Å². The van der Waals surface area contributed by atoms with Gasteiger partial charge in [0.15, 0.2) is 0 Å². The second kappa shape index (κ2) is 5.07. The van der Waals surface area contributed by atoms with Gasteiger partial charge in [0.05, 0.1) is 6.04 Å². The molecule has 1 N–H and O–H groups in total. The summed E-state index contributed by atoms with van der Waals surface area (Å²) >= 11 is 0. The van der Waals surface area contributed by atoms with Crippen LogP contribution in [0.25, 0.3) is 0 Å². The molecule has 1 atom stereocenters. The first kappa shape index (κ1) is 10.3. The molecule has 0 bridgehead atoms. The lowest BCUT2D eigenvalue weighted by atomic mass is 10.1. The van der Waals surface area contributed by atoms with E-state index in [-0.39, 0.29) is 0 Å². The number of rotatable bonds is 5. The summed E-state index contributed by atoms with van der Waals surface area (Å²) in [6, 6.07) is 4.46. The van der Waals surface area contributed by atoms with Gasteiger partial charge >= 0.3 is 0 Å². The Hall–Kier alpha value is -0.760. The Morgan fingerprint density at radius 2 is 2.15 bits per heavy atom. The Balaban J connectivity index is 2.56. The van der Waals surface area contributed by atoms with Crippen molar-refractivity contribution in [2.24, 2.45) is 0 Å². The van der Waals surface area contributed by atoms with Crippen LogP contribution in [0.3, 0.4) is 0 Å². The first-order valence-corrected chi connectivity index (χ1v) is 5.07. The summed E-state index contributed by atoms with van der Waals surface area (Å²) in [5, 5.41) is 3.45. The van der Waals surface area contributed by atoms with Crippen LogP contribution in [0.1, 0.15) is 44.3 Å². The van der Waals surface area contributed by atoms with Crippen molar-refractivity contribution in [1.82, 2.24) is 5.32 Å². The van der Waals surface area contributed by atoms with Crippen LogP contribution in [0.5, 0.6) is 0 Å². The molecule has 0 aliphatic heterocycles. The summed E-state index contributed by atoms with van der Waals surface area (Å²) in [4.78, 5) is 0. The van der Waals surface area contributed by atoms with Gasteiger partial charge in [-0.15, -0.1) is 0 Å². The summed E-state index contributed by atoms with van der Waals surface area (Å²) in [6.45, 7) is 7.38. The van der Waals surface area contributed by atoms with E-state index in [9.17, 15) is 0 Å². The smallest absolute Gasteiger partial charge is 0.121 e. The molecule has 2 nitrogen and oxygen atoms in total. The van der Waals surface area contributed by atoms with Gasteiger partial charge in [0.1, 0.15) is 11.5 Å². The number of aryl methyl sites for hydroxylation is 1. The van der Waals surface area contributed by atoms with Gasteiger partial charge in [-0.3, -0.25) is 0 Å². The van der Waals surface area contributed by atoms with Crippen molar-refractivity contribution in [3.05, 3.63) is 23.7 Å². The Kier molecular flexibility index (Phi) is 4.03. The van der Waals surface area contributed by atoms with Gasteiger partial charge in [0, 0.05) is 0 Å². The summed E-state index contributed by atoms with van der Waals surface area (Å²) in [6.07, 6.45) is 2.24. The Bertz CT molecular complexity index is 242. The molecule has 0 saturated carbocycles. The maximum absolute atomic E-state index is 5.57. The largest absolute Gasteiger partial charge is 0.465 e. The van der Waals surface area contributed by atoms with Crippen LogP contribution in [0.4, 0.5) is 0 Å². The summed E-state index contributed by atoms with van der Waals surface area (Å²) in [7, 11) is 0. The molecule has 0 amide bonds. The number of hydrogen-bond acceptors (Lipinski definition) is 2. The summed E-state index contributed by atoms with van der Waals surface area (Å²) < 4.78 is 5.57. The lowest BCUT2D eigenvalue weighted by molar-refractivity contribution is 0.393. The SMILES string of the molecule is CCCNC(CC)c1ccc(C)o1. The molecule has 0 saturated heterocycles. The molecule has 0 fully saturated rings. The monoisotopic (exact) mass is 181 g/mol. The minimum Gasteiger partial charge on any atom is -0.465 e. The van der Waals surface area contributed by atoms with Gasteiger partial charge in [-0.05, 0) is 38.4 Å². The first-order chi connectivity index (χ1) is 6.27. The maximum atomic E-state index is 5.57. The van der Waals surface area contributed by atoms with Gasteiger partial charge in [-0.25, -0.2) is 0 Å². The van der Waals surface area contributed by atoms with E-state index in [0.717, 1.165) is 30.9 Å². The topological polar surface area (TPSA) is 25.2 Å². The van der Waals surface area contributed by atoms with Gasteiger partial charge in [-0.1, -0.05) is 13.8 Å². The average molecular weight is 181 g/mol. The maximum Gasteiger partial charge on any atom is 0.121 e. The average Bonchev–Trinajstić information content (AvgIpc) is 2.54. The van der Waals surface area contributed by atoms with Crippen LogP contribution in [0.2, 0.25) is 0 Å². The minimum atomic E-state index is 0.383. The van der Waals surface area contributed by atoms with E-state index in [4.69, 9.17) is 4.42 Å². The molecular weight excluding hydrogens is 162 g/mol. The van der Waals surface area contributed by atoms with Crippen LogP contribution in [0.15, 0.2) is 16.5 Å². The fourth-order valence-corrected chi connectivity index (χ4v) is 1.41. The van der Waals surface area contributed by atoms with Crippen molar-refractivity contribution >= 4 is 0 Å². The quantitative estimate of drug-likeness (QED) is 0.755. The normalized spacial score (nSPS) is 13.2. The van der Waals surface area contributed by atoms with Crippen LogP contribution >= 0.6 is 0 Å². The molecular formula is C11H19NO. The summed E-state index contributed by atoms with van der Waals surface area (Å²) in [5.74, 6) is 2.06. The highest BCUT2D eigenvalue weighted by Gasteiger charge is 2.10. The van der Waals surface area contributed by atoms with E-state index in [2.05, 4.69) is 25.2 Å². The molecule has 2 heteroatoms. The molecule has 0 aliphatic carbocycles. The molecule has 74 valence electrons. The second-order valence-corrected chi connectivity index (χ2v) is 3.36. The molecule has 1 unspecified atom stereocenters. The Morgan fingerprint density at radius 3 is 2.62 bits per heavy atom. The highest BCUT2D eigenvalue weighted by molar-refractivity contribution is 5.09. The van der Waals surface area contributed by atoms with Crippen molar-refractivity contribution in [2.45, 2.75) is 39.7 Å². The molecule has 1 heterocycles.